The highest BCUT2D eigenvalue weighted by Crippen LogP contribution is 2.04. The van der Waals surface area contributed by atoms with Gasteiger partial charge >= 0.3 is 5.91 Å². The molecular weight excluding hydrogens is 132 g/mol. The van der Waals surface area contributed by atoms with Crippen molar-refractivity contribution in [2.45, 2.75) is 6.92 Å². The molecule has 1 heterocycles. The third-order valence-corrected chi connectivity index (χ3v) is 1.09. The van der Waals surface area contributed by atoms with Gasteiger partial charge in [0, 0.05) is 0 Å². The average molecular weight is 140 g/mol. The van der Waals surface area contributed by atoms with Gasteiger partial charge in [-0.15, -0.1) is 0 Å². The molecule has 0 atom stereocenters. The molecule has 0 bridgehead atoms. The Kier molecular flexibility index (Phi) is 1.73. The monoisotopic (exact) mass is 140 g/mol. The second kappa shape index (κ2) is 2.53. The molecule has 3 N–H and O–H groups in total. The topological polar surface area (TPSA) is 68.3 Å². The Labute approximate surface area is 58.0 Å². The summed E-state index contributed by atoms with van der Waals surface area (Å²) in [6.07, 6.45) is 1.49. The average Bonchev–Trinajstić information content (AvgIpc) is 2.34. The van der Waals surface area contributed by atoms with Gasteiger partial charge in [-0.2, -0.15) is 0 Å². The van der Waals surface area contributed by atoms with Crippen LogP contribution >= 0.6 is 0 Å². The van der Waals surface area contributed by atoms with E-state index in [0.29, 0.717) is 0 Å². The van der Waals surface area contributed by atoms with Gasteiger partial charge in [-0.3, -0.25) is 10.2 Å². The molecule has 0 fully saturated rings. The number of hydrazine groups is 1. The Morgan fingerprint density at radius 3 is 2.90 bits per heavy atom. The maximum absolute atomic E-state index is 10.7. The molecule has 0 aliphatic heterocycles. The van der Waals surface area contributed by atoms with Crippen LogP contribution in [0, 0.1) is 6.92 Å². The van der Waals surface area contributed by atoms with Crippen LogP contribution < -0.4 is 11.3 Å². The van der Waals surface area contributed by atoms with Crippen LogP contribution in [0.1, 0.15) is 16.1 Å². The molecule has 4 heteroatoms. The Morgan fingerprint density at radius 2 is 2.50 bits per heavy atom. The van der Waals surface area contributed by atoms with Crippen molar-refractivity contribution in [2.75, 3.05) is 0 Å². The van der Waals surface area contributed by atoms with Crippen LogP contribution in [0.15, 0.2) is 16.7 Å². The van der Waals surface area contributed by atoms with Gasteiger partial charge in [0.2, 0.25) is 0 Å². The lowest BCUT2D eigenvalue weighted by Crippen LogP contribution is -2.29. The number of rotatable bonds is 1. The molecule has 0 aliphatic rings. The Hall–Kier alpha value is -1.29. The molecule has 1 rings (SSSR count). The van der Waals surface area contributed by atoms with E-state index in [-0.39, 0.29) is 5.76 Å². The zero-order valence-electron chi connectivity index (χ0n) is 5.55. The van der Waals surface area contributed by atoms with Gasteiger partial charge in [-0.1, -0.05) is 0 Å². The molecule has 0 unspecified atom stereocenters. The van der Waals surface area contributed by atoms with Crippen LogP contribution in [0.2, 0.25) is 0 Å². The highest BCUT2D eigenvalue weighted by Gasteiger charge is 2.06. The Balaban J connectivity index is 2.85. The van der Waals surface area contributed by atoms with Crippen molar-refractivity contribution in [1.29, 1.82) is 0 Å². The first-order valence-electron chi connectivity index (χ1n) is 2.80. The molecule has 1 aromatic heterocycles. The molecule has 0 spiro atoms. The lowest BCUT2D eigenvalue weighted by atomic mass is 10.3. The summed E-state index contributed by atoms with van der Waals surface area (Å²) in [5.74, 6) is 4.68. The first kappa shape index (κ1) is 6.82. The molecular formula is C6H8N2O2. The molecule has 1 amide bonds. The number of carbonyl (C=O) groups is 1. The first-order valence-corrected chi connectivity index (χ1v) is 2.80. The van der Waals surface area contributed by atoms with Crippen molar-refractivity contribution in [3.8, 4) is 0 Å². The Bertz CT molecular complexity index is 242. The number of furan rings is 1. The Morgan fingerprint density at radius 1 is 1.80 bits per heavy atom. The van der Waals surface area contributed by atoms with Crippen LogP contribution in [0.5, 0.6) is 0 Å². The van der Waals surface area contributed by atoms with Crippen molar-refractivity contribution in [3.05, 3.63) is 23.7 Å². The summed E-state index contributed by atoms with van der Waals surface area (Å²) in [6.45, 7) is 1.83. The van der Waals surface area contributed by atoms with E-state index >= 15 is 0 Å². The van der Waals surface area contributed by atoms with E-state index in [1.54, 1.807) is 6.07 Å². The minimum absolute atomic E-state index is 0.236. The normalized spacial score (nSPS) is 9.40. The fraction of sp³-hybridized carbons (Fsp3) is 0.167. The molecule has 0 aromatic carbocycles. The number of amides is 1. The maximum atomic E-state index is 10.7. The summed E-state index contributed by atoms with van der Waals surface area (Å²) in [5.41, 5.74) is 2.86. The minimum Gasteiger partial charge on any atom is -0.459 e. The molecule has 0 aliphatic carbocycles. The van der Waals surface area contributed by atoms with Gasteiger partial charge < -0.3 is 4.42 Å². The summed E-state index contributed by atoms with van der Waals surface area (Å²) >= 11 is 0. The van der Waals surface area contributed by atoms with Gasteiger partial charge in [-0.25, -0.2) is 5.84 Å². The summed E-state index contributed by atoms with van der Waals surface area (Å²) < 4.78 is 4.82. The van der Waals surface area contributed by atoms with Crippen LogP contribution in [0.3, 0.4) is 0 Å². The quantitative estimate of drug-likeness (QED) is 0.332. The maximum Gasteiger partial charge on any atom is 0.300 e. The van der Waals surface area contributed by atoms with Crippen LogP contribution in [0.25, 0.3) is 0 Å². The SMILES string of the molecule is Cc1coc(C(=O)NN)c1. The van der Waals surface area contributed by atoms with E-state index in [0.717, 1.165) is 5.56 Å². The predicted molar refractivity (Wildman–Crippen MR) is 35.1 cm³/mol. The van der Waals surface area contributed by atoms with Crippen molar-refractivity contribution in [1.82, 2.24) is 5.43 Å². The van der Waals surface area contributed by atoms with Crippen molar-refractivity contribution in [3.63, 3.8) is 0 Å². The molecule has 4 nitrogen and oxygen atoms in total. The number of nitrogen functional groups attached to an aromatic ring is 1. The van der Waals surface area contributed by atoms with Gasteiger partial charge in [0.15, 0.2) is 5.76 Å². The number of hydrogen-bond donors (Lipinski definition) is 2. The third kappa shape index (κ3) is 1.16. The molecule has 0 saturated carbocycles. The van der Waals surface area contributed by atoms with E-state index in [4.69, 9.17) is 10.3 Å². The number of nitrogens with one attached hydrogen (secondary N) is 1. The highest BCUT2D eigenvalue weighted by molar-refractivity contribution is 5.91. The minimum atomic E-state index is -0.409. The fourth-order valence-electron chi connectivity index (χ4n) is 0.621. The van der Waals surface area contributed by atoms with E-state index in [2.05, 4.69) is 0 Å². The summed E-state index contributed by atoms with van der Waals surface area (Å²) in [5, 5.41) is 0. The second-order valence-electron chi connectivity index (χ2n) is 1.96. The molecule has 10 heavy (non-hydrogen) atoms. The van der Waals surface area contributed by atoms with E-state index in [1.807, 2.05) is 12.3 Å². The first-order chi connectivity index (χ1) is 4.74. The van der Waals surface area contributed by atoms with Crippen molar-refractivity contribution >= 4 is 5.91 Å². The lowest BCUT2D eigenvalue weighted by Gasteiger charge is -1.90. The van der Waals surface area contributed by atoms with E-state index in [9.17, 15) is 4.79 Å². The van der Waals surface area contributed by atoms with Gasteiger partial charge in [0.25, 0.3) is 0 Å². The lowest BCUT2D eigenvalue weighted by molar-refractivity contribution is 0.0926. The number of carbonyl (C=O) groups excluding carboxylic acids is 1. The van der Waals surface area contributed by atoms with Crippen LogP contribution in [-0.2, 0) is 0 Å². The predicted octanol–water partition coefficient (Wildman–Crippen LogP) is 0.192. The summed E-state index contributed by atoms with van der Waals surface area (Å²) in [4.78, 5) is 10.7. The summed E-state index contributed by atoms with van der Waals surface area (Å²) in [7, 11) is 0. The molecule has 0 radical (unpaired) electrons. The zero-order valence-corrected chi connectivity index (χ0v) is 5.55. The standard InChI is InChI=1S/C6H8N2O2/c1-4-2-5(10-3-4)6(9)8-7/h2-3H,7H2,1H3,(H,8,9). The smallest absolute Gasteiger partial charge is 0.300 e. The molecule has 0 saturated heterocycles. The van der Waals surface area contributed by atoms with Crippen LogP contribution in [-0.4, -0.2) is 5.91 Å². The molecule has 1 aromatic rings. The van der Waals surface area contributed by atoms with E-state index in [1.165, 1.54) is 6.26 Å². The van der Waals surface area contributed by atoms with E-state index < -0.39 is 5.91 Å². The van der Waals surface area contributed by atoms with Gasteiger partial charge in [0.1, 0.15) is 0 Å². The number of nitrogens with two attached hydrogens (primary N) is 1. The van der Waals surface area contributed by atoms with Gasteiger partial charge in [0.05, 0.1) is 6.26 Å². The number of aryl methyl sites for hydroxylation is 1. The summed E-state index contributed by atoms with van der Waals surface area (Å²) in [6, 6.07) is 1.61. The van der Waals surface area contributed by atoms with Crippen molar-refractivity contribution < 1.29 is 9.21 Å². The zero-order chi connectivity index (χ0) is 7.56. The largest absolute Gasteiger partial charge is 0.459 e. The third-order valence-electron chi connectivity index (χ3n) is 1.09. The van der Waals surface area contributed by atoms with Crippen LogP contribution in [0.4, 0.5) is 0 Å². The van der Waals surface area contributed by atoms with Crippen molar-refractivity contribution in [2.24, 2.45) is 5.84 Å². The molecule has 54 valence electrons. The number of hydrogen-bond acceptors (Lipinski definition) is 3. The highest BCUT2D eigenvalue weighted by atomic mass is 16.3. The van der Waals surface area contributed by atoms with Gasteiger partial charge in [-0.05, 0) is 18.6 Å². The second-order valence-corrected chi connectivity index (χ2v) is 1.96. The fourth-order valence-corrected chi connectivity index (χ4v) is 0.621.